The van der Waals surface area contributed by atoms with Gasteiger partial charge >= 0.3 is 0 Å². The summed E-state index contributed by atoms with van der Waals surface area (Å²) >= 11 is 0. The number of aryl methyl sites for hydroxylation is 1. The van der Waals surface area contributed by atoms with Crippen LogP contribution < -0.4 is 0 Å². The molecule has 1 unspecified atom stereocenters. The molecule has 0 saturated heterocycles. The van der Waals surface area contributed by atoms with Crippen LogP contribution in [-0.4, -0.2) is 28.1 Å². The predicted octanol–water partition coefficient (Wildman–Crippen LogP) is 0.832. The normalized spacial score (nSPS) is 12.8. The highest BCUT2D eigenvalue weighted by atomic mass is 16.5. The molecule has 1 aromatic heterocycles. The maximum atomic E-state index is 5.27. The summed E-state index contributed by atoms with van der Waals surface area (Å²) in [4.78, 5) is 6.04. The van der Waals surface area contributed by atoms with Gasteiger partial charge in [0.25, 0.3) is 0 Å². The van der Waals surface area contributed by atoms with Crippen LogP contribution in [0, 0.1) is 19.3 Å². The maximum absolute atomic E-state index is 5.27. The van der Waals surface area contributed by atoms with Gasteiger partial charge in [-0.25, -0.2) is 0 Å². The fourth-order valence-electron chi connectivity index (χ4n) is 0.882. The summed E-state index contributed by atoms with van der Waals surface area (Å²) in [5, 5.41) is 3.69. The third kappa shape index (κ3) is 2.56. The summed E-state index contributed by atoms with van der Waals surface area (Å²) in [6.07, 6.45) is 5.27. The van der Waals surface area contributed by atoms with Crippen molar-refractivity contribution in [1.82, 2.24) is 15.0 Å². The van der Waals surface area contributed by atoms with Crippen molar-refractivity contribution in [3.63, 3.8) is 0 Å². The van der Waals surface area contributed by atoms with Crippen molar-refractivity contribution < 1.29 is 4.52 Å². The topological polar surface area (TPSA) is 42.2 Å². The SMILES string of the molecule is C#CC(C)N(C)Cc1nc(C)no1. The Morgan fingerprint density at radius 3 is 2.85 bits per heavy atom. The highest BCUT2D eigenvalue weighted by molar-refractivity contribution is 4.97. The molecule has 70 valence electrons. The molecule has 0 aromatic carbocycles. The van der Waals surface area contributed by atoms with Gasteiger partial charge in [0.15, 0.2) is 5.82 Å². The number of hydrogen-bond acceptors (Lipinski definition) is 4. The predicted molar refractivity (Wildman–Crippen MR) is 48.8 cm³/mol. The Morgan fingerprint density at radius 2 is 2.38 bits per heavy atom. The summed E-state index contributed by atoms with van der Waals surface area (Å²) < 4.78 is 4.96. The first-order valence-corrected chi connectivity index (χ1v) is 4.09. The molecule has 0 aliphatic heterocycles. The molecule has 0 spiro atoms. The number of nitrogens with zero attached hydrogens (tertiary/aromatic N) is 3. The van der Waals surface area contributed by atoms with Crippen LogP contribution in [0.1, 0.15) is 18.6 Å². The molecule has 1 heterocycles. The van der Waals surface area contributed by atoms with Crippen molar-refractivity contribution in [1.29, 1.82) is 0 Å². The van der Waals surface area contributed by atoms with Gasteiger partial charge in [0.05, 0.1) is 12.6 Å². The molecule has 13 heavy (non-hydrogen) atoms. The zero-order valence-corrected chi connectivity index (χ0v) is 8.11. The van der Waals surface area contributed by atoms with Crippen molar-refractivity contribution >= 4 is 0 Å². The van der Waals surface area contributed by atoms with E-state index in [4.69, 9.17) is 10.9 Å². The molecule has 4 nitrogen and oxygen atoms in total. The van der Waals surface area contributed by atoms with E-state index in [0.29, 0.717) is 18.3 Å². The first kappa shape index (κ1) is 9.75. The van der Waals surface area contributed by atoms with E-state index in [-0.39, 0.29) is 6.04 Å². The van der Waals surface area contributed by atoms with Crippen LogP contribution in [0.3, 0.4) is 0 Å². The summed E-state index contributed by atoms with van der Waals surface area (Å²) in [7, 11) is 1.92. The van der Waals surface area contributed by atoms with Crippen LogP contribution in [0.15, 0.2) is 4.52 Å². The van der Waals surface area contributed by atoms with Gasteiger partial charge in [-0.2, -0.15) is 4.98 Å². The van der Waals surface area contributed by atoms with E-state index in [1.54, 1.807) is 6.92 Å². The Balaban J connectivity index is 2.55. The minimum atomic E-state index is 0.0761. The minimum absolute atomic E-state index is 0.0761. The van der Waals surface area contributed by atoms with E-state index >= 15 is 0 Å². The maximum Gasteiger partial charge on any atom is 0.240 e. The van der Waals surface area contributed by atoms with Gasteiger partial charge < -0.3 is 4.52 Å². The summed E-state index contributed by atoms with van der Waals surface area (Å²) in [6, 6.07) is 0.0761. The lowest BCUT2D eigenvalue weighted by Gasteiger charge is -2.17. The van der Waals surface area contributed by atoms with Crippen LogP contribution in [0.5, 0.6) is 0 Å². The van der Waals surface area contributed by atoms with Crippen molar-refractivity contribution in [2.45, 2.75) is 26.4 Å². The molecule has 0 amide bonds. The molecule has 0 radical (unpaired) electrons. The van der Waals surface area contributed by atoms with Gasteiger partial charge in [-0.15, -0.1) is 6.42 Å². The zero-order chi connectivity index (χ0) is 9.84. The standard InChI is InChI=1S/C9H13N3O/c1-5-7(2)12(4)6-9-10-8(3)11-13-9/h1,7H,6H2,2-4H3. The Labute approximate surface area is 77.9 Å². The quantitative estimate of drug-likeness (QED) is 0.644. The van der Waals surface area contributed by atoms with Crippen LogP contribution in [0.4, 0.5) is 0 Å². The molecular weight excluding hydrogens is 166 g/mol. The number of hydrogen-bond donors (Lipinski definition) is 0. The molecule has 1 rings (SSSR count). The van der Waals surface area contributed by atoms with E-state index in [1.165, 1.54) is 0 Å². The Bertz CT molecular complexity index is 313. The molecule has 1 atom stereocenters. The highest BCUT2D eigenvalue weighted by Crippen LogP contribution is 2.03. The lowest BCUT2D eigenvalue weighted by molar-refractivity contribution is 0.247. The molecule has 0 fully saturated rings. The minimum Gasteiger partial charge on any atom is -0.338 e. The molecule has 4 heteroatoms. The van der Waals surface area contributed by atoms with E-state index < -0.39 is 0 Å². The van der Waals surface area contributed by atoms with Gasteiger partial charge in [0.1, 0.15) is 0 Å². The molecule has 0 saturated carbocycles. The van der Waals surface area contributed by atoms with E-state index in [1.807, 2.05) is 18.9 Å². The van der Waals surface area contributed by atoms with Crippen molar-refractivity contribution in [3.8, 4) is 12.3 Å². The van der Waals surface area contributed by atoms with Crippen molar-refractivity contribution in [3.05, 3.63) is 11.7 Å². The average molecular weight is 179 g/mol. The molecule has 0 aliphatic rings. The number of rotatable bonds is 3. The second-order valence-electron chi connectivity index (χ2n) is 2.99. The molecular formula is C9H13N3O. The first-order chi connectivity index (χ1) is 6.13. The largest absolute Gasteiger partial charge is 0.338 e. The van der Waals surface area contributed by atoms with E-state index in [2.05, 4.69) is 16.1 Å². The molecule has 0 N–H and O–H groups in total. The van der Waals surface area contributed by atoms with Gasteiger partial charge in [0, 0.05) is 0 Å². The van der Waals surface area contributed by atoms with Crippen molar-refractivity contribution in [2.75, 3.05) is 7.05 Å². The first-order valence-electron chi connectivity index (χ1n) is 4.09. The summed E-state index contributed by atoms with van der Waals surface area (Å²) in [6.45, 7) is 4.33. The molecule has 0 aliphatic carbocycles. The van der Waals surface area contributed by atoms with Crippen LogP contribution in [-0.2, 0) is 6.54 Å². The number of aromatic nitrogens is 2. The summed E-state index contributed by atoms with van der Waals surface area (Å²) in [5.74, 6) is 3.88. The van der Waals surface area contributed by atoms with Gasteiger partial charge in [-0.3, -0.25) is 4.90 Å². The third-order valence-corrected chi connectivity index (χ3v) is 1.86. The third-order valence-electron chi connectivity index (χ3n) is 1.86. The second kappa shape index (κ2) is 4.06. The van der Waals surface area contributed by atoms with Crippen LogP contribution >= 0.6 is 0 Å². The number of terminal acetylenes is 1. The van der Waals surface area contributed by atoms with Crippen molar-refractivity contribution in [2.24, 2.45) is 0 Å². The monoisotopic (exact) mass is 179 g/mol. The lowest BCUT2D eigenvalue weighted by Crippen LogP contribution is -2.27. The summed E-state index contributed by atoms with van der Waals surface area (Å²) in [5.41, 5.74) is 0. The molecule has 0 bridgehead atoms. The lowest BCUT2D eigenvalue weighted by atomic mass is 10.3. The van der Waals surface area contributed by atoms with E-state index in [9.17, 15) is 0 Å². The van der Waals surface area contributed by atoms with Gasteiger partial charge in [-0.05, 0) is 20.9 Å². The fraction of sp³-hybridized carbons (Fsp3) is 0.556. The van der Waals surface area contributed by atoms with E-state index in [0.717, 1.165) is 0 Å². The van der Waals surface area contributed by atoms with Crippen LogP contribution in [0.25, 0.3) is 0 Å². The Kier molecular flexibility index (Phi) is 3.04. The Morgan fingerprint density at radius 1 is 1.69 bits per heavy atom. The fourth-order valence-corrected chi connectivity index (χ4v) is 0.882. The second-order valence-corrected chi connectivity index (χ2v) is 2.99. The smallest absolute Gasteiger partial charge is 0.240 e. The Hall–Kier alpha value is -1.34. The average Bonchev–Trinajstić information content (AvgIpc) is 2.49. The van der Waals surface area contributed by atoms with Gasteiger partial charge in [-0.1, -0.05) is 11.1 Å². The molecule has 1 aromatic rings. The highest BCUT2D eigenvalue weighted by Gasteiger charge is 2.10. The van der Waals surface area contributed by atoms with Crippen LogP contribution in [0.2, 0.25) is 0 Å². The van der Waals surface area contributed by atoms with Gasteiger partial charge in [0.2, 0.25) is 5.89 Å². The zero-order valence-electron chi connectivity index (χ0n) is 8.11.